The topological polar surface area (TPSA) is 81.9 Å². The standard InChI is InChI=1S/C18H21N7O/c1-24-17-14(8-21-24)18(20-11-19-17)25-7-6-12(9-25)10-26-16-5-4-15(22-23-16)13-2-3-13/h4-5,8,11-13H,2-3,6-7,9-10H2,1H3. The predicted molar refractivity (Wildman–Crippen MR) is 96.1 cm³/mol. The van der Waals surface area contributed by atoms with Gasteiger partial charge in [0.25, 0.3) is 0 Å². The third-order valence-corrected chi connectivity index (χ3v) is 5.22. The van der Waals surface area contributed by atoms with Crippen LogP contribution in [0, 0.1) is 5.92 Å². The van der Waals surface area contributed by atoms with E-state index in [9.17, 15) is 0 Å². The molecule has 2 aliphatic rings. The fraction of sp³-hybridized carbons (Fsp3) is 0.500. The summed E-state index contributed by atoms with van der Waals surface area (Å²) in [7, 11) is 1.90. The van der Waals surface area contributed by atoms with Crippen molar-refractivity contribution in [1.29, 1.82) is 0 Å². The monoisotopic (exact) mass is 351 g/mol. The summed E-state index contributed by atoms with van der Waals surface area (Å²) in [6.07, 6.45) is 6.99. The zero-order valence-electron chi connectivity index (χ0n) is 14.7. The predicted octanol–water partition coefficient (Wildman–Crippen LogP) is 1.94. The Morgan fingerprint density at radius 3 is 2.88 bits per heavy atom. The second kappa shape index (κ2) is 6.19. The highest BCUT2D eigenvalue weighted by molar-refractivity contribution is 5.86. The van der Waals surface area contributed by atoms with Crippen LogP contribution in [0.15, 0.2) is 24.7 Å². The normalized spacial score (nSPS) is 20.0. The second-order valence-corrected chi connectivity index (χ2v) is 7.19. The van der Waals surface area contributed by atoms with Crippen LogP contribution in [0.3, 0.4) is 0 Å². The van der Waals surface area contributed by atoms with Crippen molar-refractivity contribution in [3.8, 4) is 5.88 Å². The van der Waals surface area contributed by atoms with Gasteiger partial charge in [-0.25, -0.2) is 9.97 Å². The van der Waals surface area contributed by atoms with Gasteiger partial charge in [-0.3, -0.25) is 4.68 Å². The number of fused-ring (bicyclic) bond motifs is 1. The van der Waals surface area contributed by atoms with Gasteiger partial charge in [-0.15, -0.1) is 5.10 Å². The molecule has 3 aromatic rings. The Morgan fingerprint density at radius 2 is 2.08 bits per heavy atom. The third-order valence-electron chi connectivity index (χ3n) is 5.22. The Labute approximate surface area is 151 Å². The van der Waals surface area contributed by atoms with Gasteiger partial charge in [0.05, 0.1) is 23.9 Å². The van der Waals surface area contributed by atoms with E-state index in [2.05, 4.69) is 30.2 Å². The molecule has 1 aliphatic carbocycles. The Balaban J connectivity index is 1.22. The van der Waals surface area contributed by atoms with E-state index >= 15 is 0 Å². The minimum Gasteiger partial charge on any atom is -0.476 e. The number of aromatic nitrogens is 6. The second-order valence-electron chi connectivity index (χ2n) is 7.19. The minimum absolute atomic E-state index is 0.446. The maximum Gasteiger partial charge on any atom is 0.233 e. The number of ether oxygens (including phenoxy) is 1. The Bertz CT molecular complexity index is 919. The summed E-state index contributed by atoms with van der Waals surface area (Å²) in [5.74, 6) is 2.64. The first-order valence-electron chi connectivity index (χ1n) is 9.12. The molecule has 1 atom stereocenters. The molecule has 0 spiro atoms. The smallest absolute Gasteiger partial charge is 0.233 e. The lowest BCUT2D eigenvalue weighted by Crippen LogP contribution is -2.23. The summed E-state index contributed by atoms with van der Waals surface area (Å²) in [6, 6.07) is 3.98. The quantitative estimate of drug-likeness (QED) is 0.695. The third kappa shape index (κ3) is 2.85. The summed E-state index contributed by atoms with van der Waals surface area (Å²) < 4.78 is 7.65. The minimum atomic E-state index is 0.446. The number of hydrogen-bond donors (Lipinski definition) is 0. The summed E-state index contributed by atoms with van der Waals surface area (Å²) in [5.41, 5.74) is 1.95. The number of rotatable bonds is 5. The van der Waals surface area contributed by atoms with Crippen LogP contribution in [-0.2, 0) is 7.05 Å². The SMILES string of the molecule is Cn1ncc2c(N3CCC(COc4ccc(C5CC5)nn4)C3)ncnc21. The molecule has 4 heterocycles. The molecule has 0 aromatic carbocycles. The lowest BCUT2D eigenvalue weighted by molar-refractivity contribution is 0.249. The van der Waals surface area contributed by atoms with Gasteiger partial charge in [0, 0.05) is 38.0 Å². The van der Waals surface area contributed by atoms with Gasteiger partial charge >= 0.3 is 0 Å². The Morgan fingerprint density at radius 1 is 1.15 bits per heavy atom. The molecule has 0 N–H and O–H groups in total. The molecule has 1 aliphatic heterocycles. The first-order chi connectivity index (χ1) is 12.8. The number of anilines is 1. The zero-order chi connectivity index (χ0) is 17.5. The fourth-order valence-corrected chi connectivity index (χ4v) is 3.57. The Hall–Kier alpha value is -2.77. The molecule has 8 heteroatoms. The van der Waals surface area contributed by atoms with Crippen molar-refractivity contribution in [3.63, 3.8) is 0 Å². The van der Waals surface area contributed by atoms with E-state index < -0.39 is 0 Å². The van der Waals surface area contributed by atoms with Crippen LogP contribution in [0.25, 0.3) is 11.0 Å². The molecule has 1 saturated heterocycles. The number of aryl methyl sites for hydroxylation is 1. The largest absolute Gasteiger partial charge is 0.476 e. The van der Waals surface area contributed by atoms with Gasteiger partial charge in [0.15, 0.2) is 5.65 Å². The van der Waals surface area contributed by atoms with Crippen molar-refractivity contribution in [1.82, 2.24) is 29.9 Å². The van der Waals surface area contributed by atoms with Crippen molar-refractivity contribution in [3.05, 3.63) is 30.4 Å². The molecule has 1 saturated carbocycles. The summed E-state index contributed by atoms with van der Waals surface area (Å²) >= 11 is 0. The summed E-state index contributed by atoms with van der Waals surface area (Å²) in [6.45, 7) is 2.52. The molecular weight excluding hydrogens is 330 g/mol. The molecule has 1 unspecified atom stereocenters. The van der Waals surface area contributed by atoms with E-state index in [4.69, 9.17) is 4.74 Å². The van der Waals surface area contributed by atoms with E-state index in [1.165, 1.54) is 12.8 Å². The van der Waals surface area contributed by atoms with Gasteiger partial charge < -0.3 is 9.64 Å². The van der Waals surface area contributed by atoms with Gasteiger partial charge in [0.1, 0.15) is 12.1 Å². The fourth-order valence-electron chi connectivity index (χ4n) is 3.57. The molecule has 0 amide bonds. The molecule has 134 valence electrons. The van der Waals surface area contributed by atoms with E-state index in [1.54, 1.807) is 11.0 Å². The molecule has 8 nitrogen and oxygen atoms in total. The van der Waals surface area contributed by atoms with Crippen LogP contribution in [-0.4, -0.2) is 49.6 Å². The van der Waals surface area contributed by atoms with E-state index in [-0.39, 0.29) is 0 Å². The highest BCUT2D eigenvalue weighted by atomic mass is 16.5. The molecule has 3 aromatic heterocycles. The van der Waals surface area contributed by atoms with E-state index in [0.29, 0.717) is 24.3 Å². The average molecular weight is 351 g/mol. The first-order valence-corrected chi connectivity index (χ1v) is 9.12. The van der Waals surface area contributed by atoms with Gasteiger partial charge in [-0.2, -0.15) is 10.2 Å². The summed E-state index contributed by atoms with van der Waals surface area (Å²) in [4.78, 5) is 11.1. The van der Waals surface area contributed by atoms with Crippen LogP contribution in [0.5, 0.6) is 5.88 Å². The molecule has 0 bridgehead atoms. The van der Waals surface area contributed by atoms with Crippen molar-refractivity contribution < 1.29 is 4.74 Å². The van der Waals surface area contributed by atoms with Crippen molar-refractivity contribution in [2.45, 2.75) is 25.2 Å². The Kier molecular flexibility index (Phi) is 3.69. The highest BCUT2D eigenvalue weighted by Crippen LogP contribution is 2.38. The van der Waals surface area contributed by atoms with Crippen molar-refractivity contribution >= 4 is 16.9 Å². The molecule has 2 fully saturated rings. The van der Waals surface area contributed by atoms with Crippen molar-refractivity contribution in [2.75, 3.05) is 24.6 Å². The van der Waals surface area contributed by atoms with Crippen LogP contribution >= 0.6 is 0 Å². The van der Waals surface area contributed by atoms with E-state index in [0.717, 1.165) is 42.1 Å². The maximum absolute atomic E-state index is 5.87. The lowest BCUT2D eigenvalue weighted by atomic mass is 10.1. The lowest BCUT2D eigenvalue weighted by Gasteiger charge is -2.18. The summed E-state index contributed by atoms with van der Waals surface area (Å²) in [5, 5.41) is 13.8. The van der Waals surface area contributed by atoms with Crippen molar-refractivity contribution in [2.24, 2.45) is 13.0 Å². The van der Waals surface area contributed by atoms with E-state index in [1.807, 2.05) is 25.4 Å². The first kappa shape index (κ1) is 15.5. The van der Waals surface area contributed by atoms with Crippen LogP contribution < -0.4 is 9.64 Å². The average Bonchev–Trinajstić information content (AvgIpc) is 3.31. The molecule has 26 heavy (non-hydrogen) atoms. The van der Waals surface area contributed by atoms with Gasteiger partial charge in [-0.1, -0.05) is 0 Å². The number of nitrogens with zero attached hydrogens (tertiary/aromatic N) is 7. The zero-order valence-corrected chi connectivity index (χ0v) is 14.7. The van der Waals surface area contributed by atoms with Gasteiger partial charge in [-0.05, 0) is 25.3 Å². The van der Waals surface area contributed by atoms with Crippen LogP contribution in [0.1, 0.15) is 30.9 Å². The molecule has 0 radical (unpaired) electrons. The van der Waals surface area contributed by atoms with Crippen LogP contribution in [0.2, 0.25) is 0 Å². The van der Waals surface area contributed by atoms with Gasteiger partial charge in [0.2, 0.25) is 5.88 Å². The van der Waals surface area contributed by atoms with Crippen LogP contribution in [0.4, 0.5) is 5.82 Å². The molecule has 5 rings (SSSR count). The maximum atomic E-state index is 5.87. The molecular formula is C18H21N7O. The number of hydrogen-bond acceptors (Lipinski definition) is 7. The highest BCUT2D eigenvalue weighted by Gasteiger charge is 2.27.